The Morgan fingerprint density at radius 3 is 2.48 bits per heavy atom. The van der Waals surface area contributed by atoms with Crippen LogP contribution in [0.5, 0.6) is 5.75 Å². The first kappa shape index (κ1) is 14.5. The number of pyridine rings is 1. The lowest BCUT2D eigenvalue weighted by molar-refractivity contribution is -0.122. The molecule has 0 aliphatic heterocycles. The molecule has 1 amide bonds. The van der Waals surface area contributed by atoms with Gasteiger partial charge in [0.1, 0.15) is 11.4 Å². The van der Waals surface area contributed by atoms with E-state index in [-0.39, 0.29) is 11.6 Å². The summed E-state index contributed by atoms with van der Waals surface area (Å²) >= 11 is 0. The number of rotatable bonds is 5. The maximum atomic E-state index is 12.0. The van der Waals surface area contributed by atoms with Gasteiger partial charge in [-0.25, -0.2) is 9.78 Å². The van der Waals surface area contributed by atoms with Crippen molar-refractivity contribution in [3.8, 4) is 5.75 Å². The second kappa shape index (κ2) is 6.51. The van der Waals surface area contributed by atoms with E-state index in [9.17, 15) is 9.59 Å². The van der Waals surface area contributed by atoms with Gasteiger partial charge in [0, 0.05) is 0 Å². The molecule has 0 saturated heterocycles. The Morgan fingerprint density at radius 2 is 1.90 bits per heavy atom. The van der Waals surface area contributed by atoms with Crippen molar-refractivity contribution in [1.29, 1.82) is 0 Å². The van der Waals surface area contributed by atoms with Gasteiger partial charge in [0.2, 0.25) is 0 Å². The highest BCUT2D eigenvalue weighted by molar-refractivity contribution is 5.94. The number of carboxylic acids is 1. The van der Waals surface area contributed by atoms with Gasteiger partial charge in [-0.2, -0.15) is 0 Å². The van der Waals surface area contributed by atoms with E-state index in [1.165, 1.54) is 18.3 Å². The molecule has 0 bridgehead atoms. The van der Waals surface area contributed by atoms with Crippen molar-refractivity contribution in [3.63, 3.8) is 0 Å². The summed E-state index contributed by atoms with van der Waals surface area (Å²) in [5.74, 6) is -0.864. The number of carbonyl (C=O) groups excluding carboxylic acids is 1. The van der Waals surface area contributed by atoms with Crippen LogP contribution in [0.15, 0.2) is 48.7 Å². The number of carbonyl (C=O) groups is 2. The van der Waals surface area contributed by atoms with E-state index in [2.05, 4.69) is 10.3 Å². The Morgan fingerprint density at radius 1 is 1.19 bits per heavy atom. The first-order chi connectivity index (χ1) is 10.1. The van der Waals surface area contributed by atoms with Gasteiger partial charge in [0.25, 0.3) is 5.91 Å². The summed E-state index contributed by atoms with van der Waals surface area (Å²) in [7, 11) is 0. The molecular formula is C15H14N2O4. The standard InChI is InChI=1S/C15H14N2O4/c1-10(21-12-5-3-2-4-6-12)14(18)17-11-7-8-13(15(19)20)16-9-11/h2-10H,1H3,(H,17,18)(H,19,20). The van der Waals surface area contributed by atoms with Gasteiger partial charge < -0.3 is 15.2 Å². The molecule has 0 saturated carbocycles. The van der Waals surface area contributed by atoms with Gasteiger partial charge in [-0.3, -0.25) is 4.79 Å². The lowest BCUT2D eigenvalue weighted by Crippen LogP contribution is -2.30. The molecule has 1 atom stereocenters. The first-order valence-corrected chi connectivity index (χ1v) is 6.28. The number of benzene rings is 1. The van der Waals surface area contributed by atoms with E-state index >= 15 is 0 Å². The lowest BCUT2D eigenvalue weighted by Gasteiger charge is -2.14. The summed E-state index contributed by atoms with van der Waals surface area (Å²) < 4.78 is 5.48. The van der Waals surface area contributed by atoms with Crippen molar-refractivity contribution >= 4 is 17.6 Å². The molecule has 108 valence electrons. The second-order valence-corrected chi connectivity index (χ2v) is 4.30. The van der Waals surface area contributed by atoms with Crippen LogP contribution >= 0.6 is 0 Å². The number of anilines is 1. The first-order valence-electron chi connectivity index (χ1n) is 6.28. The number of hydrogen-bond acceptors (Lipinski definition) is 4. The number of nitrogens with zero attached hydrogens (tertiary/aromatic N) is 1. The third kappa shape index (κ3) is 4.04. The molecule has 1 aromatic carbocycles. The Balaban J connectivity index is 1.95. The van der Waals surface area contributed by atoms with E-state index in [0.29, 0.717) is 11.4 Å². The molecule has 0 radical (unpaired) electrons. The van der Waals surface area contributed by atoms with E-state index in [0.717, 1.165) is 0 Å². The molecule has 6 heteroatoms. The van der Waals surface area contributed by atoms with Crippen LogP contribution in [0.1, 0.15) is 17.4 Å². The van der Waals surface area contributed by atoms with Crippen molar-refractivity contribution in [2.24, 2.45) is 0 Å². The van der Waals surface area contributed by atoms with Crippen molar-refractivity contribution in [1.82, 2.24) is 4.98 Å². The van der Waals surface area contributed by atoms with Crippen molar-refractivity contribution in [2.45, 2.75) is 13.0 Å². The maximum Gasteiger partial charge on any atom is 0.354 e. The fourth-order valence-corrected chi connectivity index (χ4v) is 1.59. The third-order valence-corrected chi connectivity index (χ3v) is 2.68. The summed E-state index contributed by atoms with van der Waals surface area (Å²) in [6.45, 7) is 1.63. The van der Waals surface area contributed by atoms with Gasteiger partial charge in [0.05, 0.1) is 11.9 Å². The molecule has 2 aromatic rings. The van der Waals surface area contributed by atoms with Crippen LogP contribution < -0.4 is 10.1 Å². The zero-order valence-electron chi connectivity index (χ0n) is 11.3. The van der Waals surface area contributed by atoms with Gasteiger partial charge in [0.15, 0.2) is 6.10 Å². The topological polar surface area (TPSA) is 88.5 Å². The van der Waals surface area contributed by atoms with Gasteiger partial charge >= 0.3 is 5.97 Å². The fraction of sp³-hybridized carbons (Fsp3) is 0.133. The zero-order valence-corrected chi connectivity index (χ0v) is 11.3. The largest absolute Gasteiger partial charge is 0.481 e. The summed E-state index contributed by atoms with van der Waals surface area (Å²) in [6, 6.07) is 11.8. The van der Waals surface area contributed by atoms with E-state index in [4.69, 9.17) is 9.84 Å². The van der Waals surface area contributed by atoms with Gasteiger partial charge in [-0.05, 0) is 31.2 Å². The number of aromatic carboxylic acids is 1. The lowest BCUT2D eigenvalue weighted by atomic mass is 10.3. The number of hydrogen-bond donors (Lipinski definition) is 2. The van der Waals surface area contributed by atoms with Crippen molar-refractivity contribution in [2.75, 3.05) is 5.32 Å². The number of para-hydroxylation sites is 1. The molecule has 1 heterocycles. The minimum atomic E-state index is -1.12. The molecule has 2 N–H and O–H groups in total. The van der Waals surface area contributed by atoms with Crippen molar-refractivity contribution in [3.05, 3.63) is 54.4 Å². The van der Waals surface area contributed by atoms with E-state index < -0.39 is 12.1 Å². The van der Waals surface area contributed by atoms with E-state index in [1.807, 2.05) is 18.2 Å². The second-order valence-electron chi connectivity index (χ2n) is 4.30. The summed E-state index contributed by atoms with van der Waals surface area (Å²) in [6.07, 6.45) is 0.600. The normalized spacial score (nSPS) is 11.5. The molecule has 21 heavy (non-hydrogen) atoms. The van der Waals surface area contributed by atoms with Crippen LogP contribution in [-0.4, -0.2) is 28.1 Å². The third-order valence-electron chi connectivity index (χ3n) is 2.68. The number of ether oxygens (including phenoxy) is 1. The van der Waals surface area contributed by atoms with Crippen LogP contribution in [0.2, 0.25) is 0 Å². The maximum absolute atomic E-state index is 12.0. The molecule has 0 spiro atoms. The smallest absolute Gasteiger partial charge is 0.354 e. The molecule has 0 aliphatic rings. The van der Waals surface area contributed by atoms with Crippen molar-refractivity contribution < 1.29 is 19.4 Å². The molecule has 0 fully saturated rings. The predicted molar refractivity (Wildman–Crippen MR) is 76.4 cm³/mol. The quantitative estimate of drug-likeness (QED) is 0.879. The molecule has 1 unspecified atom stereocenters. The molecule has 2 rings (SSSR count). The molecule has 6 nitrogen and oxygen atoms in total. The van der Waals surface area contributed by atoms with E-state index in [1.54, 1.807) is 19.1 Å². The number of carboxylic acid groups (broad SMARTS) is 1. The highest BCUT2D eigenvalue weighted by Gasteiger charge is 2.15. The van der Waals surface area contributed by atoms with Crippen LogP contribution in [-0.2, 0) is 4.79 Å². The highest BCUT2D eigenvalue weighted by atomic mass is 16.5. The Bertz CT molecular complexity index is 626. The van der Waals surface area contributed by atoms with Crippen LogP contribution in [0, 0.1) is 0 Å². The molecule has 1 aromatic heterocycles. The average molecular weight is 286 g/mol. The summed E-state index contributed by atoms with van der Waals surface area (Å²) in [4.78, 5) is 26.4. The Labute approximate surface area is 121 Å². The minimum Gasteiger partial charge on any atom is -0.481 e. The number of aromatic nitrogens is 1. The average Bonchev–Trinajstić information content (AvgIpc) is 2.48. The van der Waals surface area contributed by atoms with Crippen LogP contribution in [0.3, 0.4) is 0 Å². The number of nitrogens with one attached hydrogen (secondary N) is 1. The van der Waals surface area contributed by atoms with Crippen LogP contribution in [0.25, 0.3) is 0 Å². The zero-order chi connectivity index (χ0) is 15.2. The molecule has 0 aliphatic carbocycles. The molecular weight excluding hydrogens is 272 g/mol. The minimum absolute atomic E-state index is 0.0819. The number of amides is 1. The predicted octanol–water partition coefficient (Wildman–Crippen LogP) is 2.19. The fourth-order valence-electron chi connectivity index (χ4n) is 1.59. The summed E-state index contributed by atoms with van der Waals surface area (Å²) in [5.41, 5.74) is 0.329. The monoisotopic (exact) mass is 286 g/mol. The summed E-state index contributed by atoms with van der Waals surface area (Å²) in [5, 5.41) is 11.3. The van der Waals surface area contributed by atoms with Crippen LogP contribution in [0.4, 0.5) is 5.69 Å². The van der Waals surface area contributed by atoms with Gasteiger partial charge in [-0.1, -0.05) is 18.2 Å². The van der Waals surface area contributed by atoms with Gasteiger partial charge in [-0.15, -0.1) is 0 Å². The SMILES string of the molecule is CC(Oc1ccccc1)C(=O)Nc1ccc(C(=O)O)nc1. The highest BCUT2D eigenvalue weighted by Crippen LogP contribution is 2.12. The Kier molecular flexibility index (Phi) is 4.50. The Hall–Kier alpha value is -2.89.